The molecule has 0 aromatic carbocycles. The molecule has 0 aliphatic carbocycles. The Bertz CT molecular complexity index is 392. The molecular weight excluding hydrogens is 253 g/mol. The summed E-state index contributed by atoms with van der Waals surface area (Å²) < 4.78 is 13.7. The Labute approximate surface area is 112 Å². The zero-order valence-corrected chi connectivity index (χ0v) is 11.4. The molecule has 0 amide bonds. The van der Waals surface area contributed by atoms with Crippen LogP contribution in [0.2, 0.25) is 5.02 Å². The molecule has 0 saturated carbocycles. The average Bonchev–Trinajstić information content (AvgIpc) is 2.37. The summed E-state index contributed by atoms with van der Waals surface area (Å²) in [5, 5.41) is 3.52. The van der Waals surface area contributed by atoms with Crippen LogP contribution in [0.5, 0.6) is 0 Å². The van der Waals surface area contributed by atoms with Crippen molar-refractivity contribution < 1.29 is 4.39 Å². The standard InChI is InChI=1S/C13H19ClFN3/c1-16-5-2-10-3-6-18(7-4-10)13-12(15)8-11(14)9-17-13/h8-10,16H,2-7H2,1H3. The first-order chi connectivity index (χ1) is 8.70. The zero-order chi connectivity index (χ0) is 13.0. The van der Waals surface area contributed by atoms with Gasteiger partial charge in [0.2, 0.25) is 0 Å². The van der Waals surface area contributed by atoms with Gasteiger partial charge in [-0.1, -0.05) is 11.6 Å². The molecular formula is C13H19ClFN3. The van der Waals surface area contributed by atoms with Crippen molar-refractivity contribution in [2.45, 2.75) is 19.3 Å². The fourth-order valence-electron chi connectivity index (χ4n) is 2.42. The Morgan fingerprint density at radius 1 is 1.50 bits per heavy atom. The van der Waals surface area contributed by atoms with Crippen molar-refractivity contribution in [1.29, 1.82) is 0 Å². The topological polar surface area (TPSA) is 28.2 Å². The van der Waals surface area contributed by atoms with Crippen molar-refractivity contribution in [3.05, 3.63) is 23.1 Å². The van der Waals surface area contributed by atoms with Crippen LogP contribution in [0.15, 0.2) is 12.3 Å². The second kappa shape index (κ2) is 6.34. The van der Waals surface area contributed by atoms with Crippen molar-refractivity contribution in [3.8, 4) is 0 Å². The average molecular weight is 272 g/mol. The summed E-state index contributed by atoms with van der Waals surface area (Å²) in [4.78, 5) is 6.11. The molecule has 5 heteroatoms. The largest absolute Gasteiger partial charge is 0.354 e. The van der Waals surface area contributed by atoms with Crippen LogP contribution >= 0.6 is 11.6 Å². The predicted molar refractivity (Wildman–Crippen MR) is 72.7 cm³/mol. The van der Waals surface area contributed by atoms with Gasteiger partial charge < -0.3 is 10.2 Å². The molecule has 1 aromatic rings. The smallest absolute Gasteiger partial charge is 0.167 e. The maximum Gasteiger partial charge on any atom is 0.167 e. The lowest BCUT2D eigenvalue weighted by molar-refractivity contribution is 0.375. The second-order valence-electron chi connectivity index (χ2n) is 4.78. The highest BCUT2D eigenvalue weighted by molar-refractivity contribution is 6.30. The van der Waals surface area contributed by atoms with E-state index in [1.807, 2.05) is 11.9 Å². The lowest BCUT2D eigenvalue weighted by atomic mass is 9.93. The first kappa shape index (κ1) is 13.6. The van der Waals surface area contributed by atoms with Gasteiger partial charge in [-0.15, -0.1) is 0 Å². The first-order valence-corrected chi connectivity index (χ1v) is 6.79. The lowest BCUT2D eigenvalue weighted by Crippen LogP contribution is -2.35. The molecule has 1 aliphatic rings. The SMILES string of the molecule is CNCCC1CCN(c2ncc(Cl)cc2F)CC1. The summed E-state index contributed by atoms with van der Waals surface area (Å²) in [6, 6.07) is 1.33. The highest BCUT2D eigenvalue weighted by Crippen LogP contribution is 2.26. The van der Waals surface area contributed by atoms with Gasteiger partial charge in [0.05, 0.1) is 5.02 Å². The van der Waals surface area contributed by atoms with Gasteiger partial charge in [0.25, 0.3) is 0 Å². The van der Waals surface area contributed by atoms with Crippen LogP contribution < -0.4 is 10.2 Å². The van der Waals surface area contributed by atoms with Crippen molar-refractivity contribution in [1.82, 2.24) is 10.3 Å². The van der Waals surface area contributed by atoms with E-state index in [4.69, 9.17) is 11.6 Å². The van der Waals surface area contributed by atoms with E-state index in [2.05, 4.69) is 10.3 Å². The van der Waals surface area contributed by atoms with Gasteiger partial charge in [0.15, 0.2) is 11.6 Å². The number of nitrogens with one attached hydrogen (secondary N) is 1. The fraction of sp³-hybridized carbons (Fsp3) is 0.615. The summed E-state index contributed by atoms with van der Waals surface area (Å²) in [6.45, 7) is 2.80. The third kappa shape index (κ3) is 3.33. The Morgan fingerprint density at radius 2 is 2.22 bits per heavy atom. The highest BCUT2D eigenvalue weighted by atomic mass is 35.5. The van der Waals surface area contributed by atoms with Crippen LogP contribution in [0.25, 0.3) is 0 Å². The number of anilines is 1. The van der Waals surface area contributed by atoms with Crippen molar-refractivity contribution >= 4 is 17.4 Å². The van der Waals surface area contributed by atoms with Crippen LogP contribution in [-0.4, -0.2) is 31.7 Å². The molecule has 1 aliphatic heterocycles. The Hall–Kier alpha value is -0.870. The fourth-order valence-corrected chi connectivity index (χ4v) is 2.57. The zero-order valence-electron chi connectivity index (χ0n) is 10.6. The molecule has 3 nitrogen and oxygen atoms in total. The summed E-state index contributed by atoms with van der Waals surface area (Å²) >= 11 is 5.71. The molecule has 1 fully saturated rings. The number of nitrogens with zero attached hydrogens (tertiary/aromatic N) is 2. The number of halogens is 2. The van der Waals surface area contributed by atoms with Gasteiger partial charge in [-0.05, 0) is 44.8 Å². The third-order valence-electron chi connectivity index (χ3n) is 3.51. The van der Waals surface area contributed by atoms with E-state index in [1.54, 1.807) is 0 Å². The molecule has 0 unspecified atom stereocenters. The molecule has 0 spiro atoms. The van der Waals surface area contributed by atoms with Gasteiger partial charge in [-0.3, -0.25) is 0 Å². The van der Waals surface area contributed by atoms with E-state index in [1.165, 1.54) is 18.7 Å². The van der Waals surface area contributed by atoms with Gasteiger partial charge >= 0.3 is 0 Å². The summed E-state index contributed by atoms with van der Waals surface area (Å²) in [7, 11) is 1.97. The number of pyridine rings is 1. The number of rotatable bonds is 4. The first-order valence-electron chi connectivity index (χ1n) is 6.41. The van der Waals surface area contributed by atoms with Gasteiger partial charge in [-0.25, -0.2) is 9.37 Å². The monoisotopic (exact) mass is 271 g/mol. The number of hydrogen-bond donors (Lipinski definition) is 1. The molecule has 2 heterocycles. The van der Waals surface area contributed by atoms with E-state index in [-0.39, 0.29) is 5.82 Å². The highest BCUT2D eigenvalue weighted by Gasteiger charge is 2.21. The molecule has 0 atom stereocenters. The molecule has 2 rings (SSSR count). The van der Waals surface area contributed by atoms with Gasteiger partial charge in [0, 0.05) is 19.3 Å². The van der Waals surface area contributed by atoms with Crippen LogP contribution in [0, 0.1) is 11.7 Å². The second-order valence-corrected chi connectivity index (χ2v) is 5.22. The normalized spacial score (nSPS) is 17.2. The molecule has 0 radical (unpaired) electrons. The molecule has 0 bridgehead atoms. The Balaban J connectivity index is 1.93. The van der Waals surface area contributed by atoms with Crippen LogP contribution in [0.3, 0.4) is 0 Å². The van der Waals surface area contributed by atoms with Crippen LogP contribution in [0.1, 0.15) is 19.3 Å². The van der Waals surface area contributed by atoms with Crippen LogP contribution in [-0.2, 0) is 0 Å². The van der Waals surface area contributed by atoms with E-state index in [0.29, 0.717) is 10.8 Å². The molecule has 100 valence electrons. The third-order valence-corrected chi connectivity index (χ3v) is 3.71. The Morgan fingerprint density at radius 3 is 2.83 bits per heavy atom. The molecule has 1 aromatic heterocycles. The molecule has 18 heavy (non-hydrogen) atoms. The quantitative estimate of drug-likeness (QED) is 0.913. The van der Waals surface area contributed by atoms with Crippen molar-refractivity contribution in [2.75, 3.05) is 31.6 Å². The predicted octanol–water partition coefficient (Wildman–Crippen LogP) is 2.70. The maximum atomic E-state index is 13.7. The van der Waals surface area contributed by atoms with E-state index in [0.717, 1.165) is 38.4 Å². The minimum absolute atomic E-state index is 0.323. The van der Waals surface area contributed by atoms with E-state index < -0.39 is 0 Å². The number of piperidine rings is 1. The van der Waals surface area contributed by atoms with Crippen LogP contribution in [0.4, 0.5) is 10.2 Å². The van der Waals surface area contributed by atoms with Gasteiger partial charge in [0.1, 0.15) is 0 Å². The number of hydrogen-bond acceptors (Lipinski definition) is 3. The summed E-state index contributed by atoms with van der Waals surface area (Å²) in [5.41, 5.74) is 0. The molecule has 1 saturated heterocycles. The van der Waals surface area contributed by atoms with Crippen molar-refractivity contribution in [2.24, 2.45) is 5.92 Å². The molecule has 1 N–H and O–H groups in total. The number of aromatic nitrogens is 1. The minimum atomic E-state index is -0.323. The summed E-state index contributed by atoms with van der Waals surface area (Å²) in [5.74, 6) is 0.853. The van der Waals surface area contributed by atoms with Crippen molar-refractivity contribution in [3.63, 3.8) is 0 Å². The maximum absolute atomic E-state index is 13.7. The Kier molecular flexibility index (Phi) is 4.78. The minimum Gasteiger partial charge on any atom is -0.354 e. The van der Waals surface area contributed by atoms with Gasteiger partial charge in [-0.2, -0.15) is 0 Å². The lowest BCUT2D eigenvalue weighted by Gasteiger charge is -2.33. The summed E-state index contributed by atoms with van der Waals surface area (Å²) in [6.07, 6.45) is 4.91. The van der Waals surface area contributed by atoms with E-state index in [9.17, 15) is 4.39 Å². The van der Waals surface area contributed by atoms with E-state index >= 15 is 0 Å².